The molecule has 4 nitrogen and oxygen atoms in total. The minimum absolute atomic E-state index is 0.0565. The average Bonchev–Trinajstić information content (AvgIpc) is 2.50. The number of methoxy groups -OCH3 is 1. The molecule has 0 radical (unpaired) electrons. The van der Waals surface area contributed by atoms with Crippen molar-refractivity contribution in [1.82, 2.24) is 4.90 Å². The quantitative estimate of drug-likeness (QED) is 0.793. The number of hydrogen-bond acceptors (Lipinski definition) is 4. The molecule has 0 atom stereocenters. The van der Waals surface area contributed by atoms with Crippen molar-refractivity contribution in [2.45, 2.75) is 19.4 Å². The molecule has 0 saturated carbocycles. The van der Waals surface area contributed by atoms with Crippen LogP contribution in [0.1, 0.15) is 24.2 Å². The summed E-state index contributed by atoms with van der Waals surface area (Å²) in [6.07, 6.45) is 0. The molecular formula is C15H19Cl2NO3. The van der Waals surface area contributed by atoms with Gasteiger partial charge in [-0.25, -0.2) is 0 Å². The molecule has 1 aliphatic heterocycles. The fourth-order valence-corrected chi connectivity index (χ4v) is 2.94. The second-order valence-electron chi connectivity index (χ2n) is 5.43. The Balaban J connectivity index is 2.32. The van der Waals surface area contributed by atoms with Gasteiger partial charge in [0.25, 0.3) is 0 Å². The van der Waals surface area contributed by atoms with Crippen molar-refractivity contribution in [3.05, 3.63) is 27.7 Å². The highest BCUT2D eigenvalue weighted by molar-refractivity contribution is 6.45. The zero-order chi connectivity index (χ0) is 15.6. The van der Waals surface area contributed by atoms with Crippen molar-refractivity contribution in [2.24, 2.45) is 0 Å². The molecule has 2 rings (SSSR count). The third-order valence-corrected chi connectivity index (χ3v) is 4.73. The van der Waals surface area contributed by atoms with Crippen molar-refractivity contribution >= 4 is 29.0 Å². The van der Waals surface area contributed by atoms with Crippen molar-refractivity contribution < 1.29 is 14.3 Å². The van der Waals surface area contributed by atoms with Crippen molar-refractivity contribution in [3.8, 4) is 5.75 Å². The van der Waals surface area contributed by atoms with Gasteiger partial charge in [0.05, 0.1) is 30.9 Å². The van der Waals surface area contributed by atoms with Gasteiger partial charge >= 0.3 is 0 Å². The maximum atomic E-state index is 12.9. The van der Waals surface area contributed by atoms with E-state index >= 15 is 0 Å². The first-order valence-corrected chi connectivity index (χ1v) is 7.54. The van der Waals surface area contributed by atoms with E-state index in [1.807, 2.05) is 13.8 Å². The van der Waals surface area contributed by atoms with Crippen molar-refractivity contribution in [2.75, 3.05) is 33.4 Å². The van der Waals surface area contributed by atoms with E-state index in [-0.39, 0.29) is 15.8 Å². The summed E-state index contributed by atoms with van der Waals surface area (Å²) in [7, 11) is 1.51. The van der Waals surface area contributed by atoms with E-state index < -0.39 is 5.54 Å². The largest absolute Gasteiger partial charge is 0.495 e. The molecule has 0 unspecified atom stereocenters. The number of carbonyl (C=O) groups excluding carboxylic acids is 1. The Morgan fingerprint density at radius 3 is 2.43 bits per heavy atom. The number of benzene rings is 1. The molecule has 1 heterocycles. The molecule has 21 heavy (non-hydrogen) atoms. The monoisotopic (exact) mass is 331 g/mol. The Bertz CT molecular complexity index is 540. The lowest BCUT2D eigenvalue weighted by Gasteiger charge is -2.39. The molecular weight excluding hydrogens is 313 g/mol. The molecule has 0 bridgehead atoms. The zero-order valence-corrected chi connectivity index (χ0v) is 13.9. The van der Waals surface area contributed by atoms with Gasteiger partial charge < -0.3 is 9.47 Å². The number of ketones is 1. The summed E-state index contributed by atoms with van der Waals surface area (Å²) in [5.74, 6) is 0.404. The van der Waals surface area contributed by atoms with Gasteiger partial charge in [-0.05, 0) is 26.0 Å². The second-order valence-corrected chi connectivity index (χ2v) is 6.19. The third-order valence-electron chi connectivity index (χ3n) is 3.87. The Hall–Kier alpha value is -0.810. The van der Waals surface area contributed by atoms with Gasteiger partial charge in [-0.3, -0.25) is 9.69 Å². The van der Waals surface area contributed by atoms with E-state index in [1.165, 1.54) is 7.11 Å². The number of Topliss-reactive ketones (excluding diaryl/α,β-unsaturated/α-hetero) is 1. The highest BCUT2D eigenvalue weighted by Gasteiger charge is 2.37. The van der Waals surface area contributed by atoms with Gasteiger partial charge in [0.1, 0.15) is 10.8 Å². The number of carbonyl (C=O) groups is 1. The van der Waals surface area contributed by atoms with Gasteiger partial charge in [0, 0.05) is 18.7 Å². The molecule has 0 aliphatic carbocycles. The molecule has 1 aliphatic rings. The Labute approximate surface area is 134 Å². The summed E-state index contributed by atoms with van der Waals surface area (Å²) in [4.78, 5) is 15.0. The molecule has 1 saturated heterocycles. The van der Waals surface area contributed by atoms with Crippen LogP contribution in [0.3, 0.4) is 0 Å². The third kappa shape index (κ3) is 3.19. The fourth-order valence-electron chi connectivity index (χ4n) is 2.46. The fraction of sp³-hybridized carbons (Fsp3) is 0.533. The van der Waals surface area contributed by atoms with Crippen LogP contribution in [-0.4, -0.2) is 49.6 Å². The SMILES string of the molecule is COc1ccc(C(=O)C(C)(C)N2CCOCC2)c(Cl)c1Cl. The van der Waals surface area contributed by atoms with Crippen LogP contribution in [0.5, 0.6) is 5.75 Å². The predicted octanol–water partition coefficient (Wildman–Crippen LogP) is 3.30. The number of morpholine rings is 1. The van der Waals surface area contributed by atoms with Crippen molar-refractivity contribution in [1.29, 1.82) is 0 Å². The Morgan fingerprint density at radius 1 is 1.24 bits per heavy atom. The highest BCUT2D eigenvalue weighted by Crippen LogP contribution is 2.36. The van der Waals surface area contributed by atoms with Crippen LogP contribution in [-0.2, 0) is 4.74 Å². The molecule has 1 fully saturated rings. The topological polar surface area (TPSA) is 38.8 Å². The smallest absolute Gasteiger partial charge is 0.184 e. The molecule has 0 aromatic heterocycles. The minimum Gasteiger partial charge on any atom is -0.495 e. The minimum atomic E-state index is -0.661. The van der Waals surface area contributed by atoms with Gasteiger partial charge in [0.2, 0.25) is 0 Å². The van der Waals surface area contributed by atoms with Crippen LogP contribution in [0.15, 0.2) is 12.1 Å². The van der Waals surface area contributed by atoms with E-state index in [1.54, 1.807) is 12.1 Å². The van der Waals surface area contributed by atoms with E-state index in [0.717, 1.165) is 13.1 Å². The van der Waals surface area contributed by atoms with E-state index in [2.05, 4.69) is 4.90 Å². The van der Waals surface area contributed by atoms with Crippen LogP contribution in [0, 0.1) is 0 Å². The van der Waals surface area contributed by atoms with Crippen LogP contribution in [0.2, 0.25) is 10.0 Å². The first-order valence-electron chi connectivity index (χ1n) is 6.79. The van der Waals surface area contributed by atoms with E-state index in [4.69, 9.17) is 32.7 Å². The van der Waals surface area contributed by atoms with E-state index in [9.17, 15) is 4.79 Å². The summed E-state index contributed by atoms with van der Waals surface area (Å²) in [6, 6.07) is 3.33. The Morgan fingerprint density at radius 2 is 1.86 bits per heavy atom. The molecule has 1 aromatic carbocycles. The number of rotatable bonds is 4. The number of hydrogen-bond donors (Lipinski definition) is 0. The summed E-state index contributed by atoms with van der Waals surface area (Å²) >= 11 is 12.4. The average molecular weight is 332 g/mol. The first-order chi connectivity index (χ1) is 9.89. The number of nitrogens with zero attached hydrogens (tertiary/aromatic N) is 1. The zero-order valence-electron chi connectivity index (χ0n) is 12.4. The maximum Gasteiger partial charge on any atom is 0.184 e. The summed E-state index contributed by atoms with van der Waals surface area (Å²) < 4.78 is 10.4. The lowest BCUT2D eigenvalue weighted by molar-refractivity contribution is -0.00429. The van der Waals surface area contributed by atoms with Crippen LogP contribution >= 0.6 is 23.2 Å². The number of ether oxygens (including phenoxy) is 2. The van der Waals surface area contributed by atoms with Crippen LogP contribution < -0.4 is 4.74 Å². The molecule has 1 aromatic rings. The van der Waals surface area contributed by atoms with E-state index in [0.29, 0.717) is 24.5 Å². The lowest BCUT2D eigenvalue weighted by atomic mass is 9.90. The summed E-state index contributed by atoms with van der Waals surface area (Å²) in [5, 5.41) is 0.505. The highest BCUT2D eigenvalue weighted by atomic mass is 35.5. The normalized spacial score (nSPS) is 16.8. The lowest BCUT2D eigenvalue weighted by Crippen LogP contribution is -2.54. The molecule has 0 N–H and O–H groups in total. The summed E-state index contributed by atoms with van der Waals surface area (Å²) in [6.45, 7) is 6.51. The molecule has 0 spiro atoms. The van der Waals surface area contributed by atoms with Crippen LogP contribution in [0.4, 0.5) is 0 Å². The standard InChI is InChI=1S/C15H19Cl2NO3/c1-15(2,18-6-8-21-9-7-18)14(19)10-4-5-11(20-3)13(17)12(10)16/h4-5H,6-9H2,1-3H3. The van der Waals surface area contributed by atoms with Gasteiger partial charge in [-0.2, -0.15) is 0 Å². The van der Waals surface area contributed by atoms with Gasteiger partial charge in [-0.1, -0.05) is 23.2 Å². The van der Waals surface area contributed by atoms with Crippen molar-refractivity contribution in [3.63, 3.8) is 0 Å². The van der Waals surface area contributed by atoms with Gasteiger partial charge in [-0.15, -0.1) is 0 Å². The molecule has 116 valence electrons. The first kappa shape index (κ1) is 16.6. The maximum absolute atomic E-state index is 12.9. The predicted molar refractivity (Wildman–Crippen MR) is 83.8 cm³/mol. The molecule has 6 heteroatoms. The summed E-state index contributed by atoms with van der Waals surface area (Å²) in [5.41, 5.74) is -0.246. The molecule has 0 amide bonds. The second kappa shape index (κ2) is 6.53. The van der Waals surface area contributed by atoms with Gasteiger partial charge in [0.15, 0.2) is 5.78 Å². The number of halogens is 2. The van der Waals surface area contributed by atoms with Crippen LogP contribution in [0.25, 0.3) is 0 Å². The Kier molecular flexibility index (Phi) is 5.15.